The van der Waals surface area contributed by atoms with Crippen LogP contribution in [-0.4, -0.2) is 34.3 Å². The van der Waals surface area contributed by atoms with Crippen molar-refractivity contribution in [2.75, 3.05) is 29.1 Å². The first kappa shape index (κ1) is 20.8. The van der Waals surface area contributed by atoms with Crippen molar-refractivity contribution in [2.24, 2.45) is 0 Å². The Morgan fingerprint density at radius 1 is 1.21 bits per heavy atom. The summed E-state index contributed by atoms with van der Waals surface area (Å²) in [6.45, 7) is 11.6. The van der Waals surface area contributed by atoms with Crippen LogP contribution in [0.4, 0.5) is 11.4 Å². The molecule has 0 bridgehead atoms. The number of hydrogen-bond acceptors (Lipinski definition) is 4. The molecule has 5 nitrogen and oxygen atoms in total. The number of unbranched alkanes of at least 4 members (excludes halogenated alkanes) is 1. The number of carbonyl (C=O) groups is 1. The van der Waals surface area contributed by atoms with Crippen LogP contribution in [0.1, 0.15) is 49.6 Å². The Kier molecular flexibility index (Phi) is 7.05. The van der Waals surface area contributed by atoms with E-state index in [1.807, 2.05) is 13.0 Å². The van der Waals surface area contributed by atoms with Gasteiger partial charge in [-0.05, 0) is 63.8 Å². The number of thioether (sulfide) groups is 1. The van der Waals surface area contributed by atoms with Gasteiger partial charge in [-0.2, -0.15) is 0 Å². The first-order chi connectivity index (χ1) is 13.5. The lowest BCUT2D eigenvalue weighted by molar-refractivity contribution is -0.113. The van der Waals surface area contributed by atoms with Gasteiger partial charge in [-0.25, -0.2) is 4.98 Å². The van der Waals surface area contributed by atoms with Crippen molar-refractivity contribution >= 4 is 29.0 Å². The molecule has 1 fully saturated rings. The van der Waals surface area contributed by atoms with Crippen molar-refractivity contribution in [2.45, 2.75) is 65.1 Å². The first-order valence-corrected chi connectivity index (χ1v) is 11.3. The predicted molar refractivity (Wildman–Crippen MR) is 119 cm³/mol. The molecule has 1 aliphatic heterocycles. The van der Waals surface area contributed by atoms with E-state index in [2.05, 4.69) is 52.7 Å². The van der Waals surface area contributed by atoms with E-state index in [0.29, 0.717) is 5.75 Å². The second-order valence-corrected chi connectivity index (χ2v) is 8.54. The zero-order chi connectivity index (χ0) is 20.1. The van der Waals surface area contributed by atoms with Crippen molar-refractivity contribution < 1.29 is 4.79 Å². The summed E-state index contributed by atoms with van der Waals surface area (Å²) >= 11 is 1.52. The van der Waals surface area contributed by atoms with Crippen molar-refractivity contribution in [3.63, 3.8) is 0 Å². The third-order valence-corrected chi connectivity index (χ3v) is 6.42. The Morgan fingerprint density at radius 2 is 1.96 bits per heavy atom. The van der Waals surface area contributed by atoms with E-state index >= 15 is 0 Å². The molecule has 1 aliphatic rings. The molecule has 1 aromatic heterocycles. The van der Waals surface area contributed by atoms with Crippen molar-refractivity contribution in [1.82, 2.24) is 9.55 Å². The lowest BCUT2D eigenvalue weighted by Crippen LogP contribution is -2.18. The van der Waals surface area contributed by atoms with E-state index < -0.39 is 0 Å². The SMILES string of the molecule is CCCCn1c(SCC(=O)Nc2ccc(N3CCCC3)cc2C)nc(C)c1C. The molecular formula is C22H32N4OS. The van der Waals surface area contributed by atoms with Crippen LogP contribution in [0.2, 0.25) is 0 Å². The quantitative estimate of drug-likeness (QED) is 0.638. The van der Waals surface area contributed by atoms with E-state index in [1.165, 1.54) is 36.0 Å². The summed E-state index contributed by atoms with van der Waals surface area (Å²) in [5.74, 6) is 0.386. The number of nitrogens with one attached hydrogen (secondary N) is 1. The number of benzene rings is 1. The summed E-state index contributed by atoms with van der Waals surface area (Å²) in [6, 6.07) is 6.32. The molecule has 1 aromatic carbocycles. The van der Waals surface area contributed by atoms with Crippen LogP contribution in [0.5, 0.6) is 0 Å². The lowest BCUT2D eigenvalue weighted by Gasteiger charge is -2.19. The Bertz CT molecular complexity index is 824. The summed E-state index contributed by atoms with van der Waals surface area (Å²) in [5.41, 5.74) is 5.51. The third kappa shape index (κ3) is 4.90. The number of aryl methyl sites for hydroxylation is 2. The number of hydrogen-bond donors (Lipinski definition) is 1. The molecule has 0 unspecified atom stereocenters. The van der Waals surface area contributed by atoms with Crippen LogP contribution in [0.3, 0.4) is 0 Å². The number of imidazole rings is 1. The van der Waals surface area contributed by atoms with Crippen LogP contribution in [0, 0.1) is 20.8 Å². The maximum Gasteiger partial charge on any atom is 0.234 e. The minimum atomic E-state index is 0.0161. The van der Waals surface area contributed by atoms with Crippen LogP contribution in [0.25, 0.3) is 0 Å². The number of carbonyl (C=O) groups excluding carboxylic acids is 1. The molecule has 6 heteroatoms. The molecule has 0 spiro atoms. The van der Waals surface area contributed by atoms with Gasteiger partial charge in [-0.3, -0.25) is 4.79 Å². The normalized spacial score (nSPS) is 13.9. The van der Waals surface area contributed by atoms with Crippen LogP contribution in [0.15, 0.2) is 23.4 Å². The largest absolute Gasteiger partial charge is 0.372 e. The zero-order valence-electron chi connectivity index (χ0n) is 17.5. The molecule has 28 heavy (non-hydrogen) atoms. The van der Waals surface area contributed by atoms with Gasteiger partial charge in [-0.1, -0.05) is 25.1 Å². The van der Waals surface area contributed by atoms with E-state index in [4.69, 9.17) is 0 Å². The van der Waals surface area contributed by atoms with Crippen molar-refractivity contribution in [3.05, 3.63) is 35.2 Å². The Morgan fingerprint density at radius 3 is 2.64 bits per heavy atom. The standard InChI is InChI=1S/C22H32N4OS/c1-5-6-13-26-18(4)17(3)23-22(26)28-15-21(27)24-20-10-9-19(14-16(20)2)25-11-7-8-12-25/h9-10,14H,5-8,11-13,15H2,1-4H3,(H,24,27). The van der Waals surface area contributed by atoms with E-state index in [9.17, 15) is 4.79 Å². The highest BCUT2D eigenvalue weighted by molar-refractivity contribution is 7.99. The molecule has 0 radical (unpaired) electrons. The molecule has 152 valence electrons. The summed E-state index contributed by atoms with van der Waals surface area (Å²) in [6.07, 6.45) is 4.80. The molecule has 1 N–H and O–H groups in total. The zero-order valence-corrected chi connectivity index (χ0v) is 18.4. The third-order valence-electron chi connectivity index (χ3n) is 5.45. The molecule has 2 heterocycles. The molecule has 1 saturated heterocycles. The monoisotopic (exact) mass is 400 g/mol. The van der Waals surface area contributed by atoms with Gasteiger partial charge in [0, 0.05) is 36.7 Å². The van der Waals surface area contributed by atoms with Crippen molar-refractivity contribution in [1.29, 1.82) is 0 Å². The van der Waals surface area contributed by atoms with Gasteiger partial charge in [0.1, 0.15) is 0 Å². The van der Waals surface area contributed by atoms with Crippen LogP contribution in [-0.2, 0) is 11.3 Å². The fourth-order valence-electron chi connectivity index (χ4n) is 3.59. The molecular weight excluding hydrogens is 368 g/mol. The molecule has 1 amide bonds. The van der Waals surface area contributed by atoms with Gasteiger partial charge in [0.2, 0.25) is 5.91 Å². The highest BCUT2D eigenvalue weighted by Gasteiger charge is 2.15. The minimum absolute atomic E-state index is 0.0161. The van der Waals surface area contributed by atoms with Gasteiger partial charge in [0.25, 0.3) is 0 Å². The fourth-order valence-corrected chi connectivity index (χ4v) is 4.51. The number of amides is 1. The summed E-state index contributed by atoms with van der Waals surface area (Å²) in [5, 5.41) is 4.01. The van der Waals surface area contributed by atoms with Crippen LogP contribution >= 0.6 is 11.8 Å². The summed E-state index contributed by atoms with van der Waals surface area (Å²) < 4.78 is 2.24. The van der Waals surface area contributed by atoms with Gasteiger partial charge < -0.3 is 14.8 Å². The number of rotatable bonds is 8. The average molecular weight is 401 g/mol. The molecule has 0 aliphatic carbocycles. The topological polar surface area (TPSA) is 50.2 Å². The molecule has 0 saturated carbocycles. The second kappa shape index (κ2) is 9.50. The smallest absolute Gasteiger partial charge is 0.234 e. The van der Waals surface area contributed by atoms with Gasteiger partial charge in [0.15, 0.2) is 5.16 Å². The number of anilines is 2. The van der Waals surface area contributed by atoms with E-state index in [1.54, 1.807) is 0 Å². The fraction of sp³-hybridized carbons (Fsp3) is 0.545. The van der Waals surface area contributed by atoms with E-state index in [-0.39, 0.29) is 5.91 Å². The maximum absolute atomic E-state index is 12.5. The highest BCUT2D eigenvalue weighted by atomic mass is 32.2. The maximum atomic E-state index is 12.5. The minimum Gasteiger partial charge on any atom is -0.372 e. The lowest BCUT2D eigenvalue weighted by atomic mass is 10.1. The highest BCUT2D eigenvalue weighted by Crippen LogP contribution is 2.26. The van der Waals surface area contributed by atoms with E-state index in [0.717, 1.165) is 54.6 Å². The molecule has 2 aromatic rings. The van der Waals surface area contributed by atoms with Crippen molar-refractivity contribution in [3.8, 4) is 0 Å². The second-order valence-electron chi connectivity index (χ2n) is 7.60. The average Bonchev–Trinajstić information content (AvgIpc) is 3.30. The van der Waals surface area contributed by atoms with Gasteiger partial charge in [-0.15, -0.1) is 0 Å². The van der Waals surface area contributed by atoms with Crippen LogP contribution < -0.4 is 10.2 Å². The first-order valence-electron chi connectivity index (χ1n) is 10.3. The Labute approximate surface area is 172 Å². The van der Waals surface area contributed by atoms with Gasteiger partial charge in [0.05, 0.1) is 11.4 Å². The number of nitrogens with zero attached hydrogens (tertiary/aromatic N) is 3. The Hall–Kier alpha value is -1.95. The Balaban J connectivity index is 1.59. The molecule has 3 rings (SSSR count). The number of aromatic nitrogens is 2. The molecule has 0 atom stereocenters. The van der Waals surface area contributed by atoms with Gasteiger partial charge >= 0.3 is 0 Å². The predicted octanol–water partition coefficient (Wildman–Crippen LogP) is 4.94. The summed E-state index contributed by atoms with van der Waals surface area (Å²) in [7, 11) is 0. The summed E-state index contributed by atoms with van der Waals surface area (Å²) in [4.78, 5) is 19.6.